The largest absolute Gasteiger partial charge is 0.454 e. The molecule has 0 spiro atoms. The quantitative estimate of drug-likeness (QED) is 0.847. The van der Waals surface area contributed by atoms with Crippen LogP contribution in [0.3, 0.4) is 0 Å². The first-order valence-corrected chi connectivity index (χ1v) is 9.97. The van der Waals surface area contributed by atoms with Crippen LogP contribution in [0.15, 0.2) is 18.2 Å². The van der Waals surface area contributed by atoms with Crippen molar-refractivity contribution in [2.75, 3.05) is 53.1 Å². The summed E-state index contributed by atoms with van der Waals surface area (Å²) in [7, 11) is 1.68. The monoisotopic (exact) mass is 388 g/mol. The lowest BCUT2D eigenvalue weighted by Crippen LogP contribution is -2.59. The van der Waals surface area contributed by atoms with Crippen LogP contribution in [0.4, 0.5) is 4.79 Å². The molecule has 0 aromatic heterocycles. The van der Waals surface area contributed by atoms with Gasteiger partial charge < -0.3 is 24.6 Å². The van der Waals surface area contributed by atoms with Gasteiger partial charge >= 0.3 is 6.03 Å². The number of benzene rings is 1. The number of likely N-dealkylation sites (tertiary alicyclic amines) is 1. The summed E-state index contributed by atoms with van der Waals surface area (Å²) in [5, 5.41) is 2.73. The van der Waals surface area contributed by atoms with Gasteiger partial charge in [0.25, 0.3) is 5.91 Å². The van der Waals surface area contributed by atoms with Gasteiger partial charge in [-0.1, -0.05) is 6.92 Å². The first kappa shape index (κ1) is 18.9. The minimum atomic E-state index is -0.00746. The normalized spacial score (nSPS) is 24.5. The molecule has 1 aromatic carbocycles. The third-order valence-corrected chi connectivity index (χ3v) is 6.35. The first-order chi connectivity index (χ1) is 13.6. The van der Waals surface area contributed by atoms with E-state index < -0.39 is 0 Å². The summed E-state index contributed by atoms with van der Waals surface area (Å²) in [6.07, 6.45) is 1.98. The van der Waals surface area contributed by atoms with Gasteiger partial charge in [0, 0.05) is 57.4 Å². The summed E-state index contributed by atoms with van der Waals surface area (Å²) in [6, 6.07) is 5.35. The zero-order chi connectivity index (χ0) is 19.7. The fourth-order valence-corrected chi connectivity index (χ4v) is 4.55. The van der Waals surface area contributed by atoms with E-state index in [9.17, 15) is 9.59 Å². The van der Waals surface area contributed by atoms with Gasteiger partial charge in [0.15, 0.2) is 11.5 Å². The molecule has 3 aliphatic rings. The number of nitrogens with zero attached hydrogens (tertiary/aromatic N) is 3. The number of carbonyl (C=O) groups is 2. The SMILES string of the molecule is CC[C@@]1(N2CCN(C(=O)c3ccc4c(c3)OCO4)CC2)CCN(C(=O)NC)C1. The molecule has 2 saturated heterocycles. The minimum Gasteiger partial charge on any atom is -0.454 e. The molecule has 0 unspecified atom stereocenters. The standard InChI is InChI=1S/C20H28N4O4/c1-3-20(6-7-23(13-20)19(26)21-2)24-10-8-22(9-11-24)18(25)15-4-5-16-17(12-15)28-14-27-16/h4-5,12H,3,6-11,13-14H2,1-2H3,(H,21,26)/t20-/m1/s1. The molecule has 3 amide bonds. The fourth-order valence-electron chi connectivity index (χ4n) is 4.55. The van der Waals surface area contributed by atoms with Crippen molar-refractivity contribution in [3.63, 3.8) is 0 Å². The molecule has 1 aromatic rings. The number of urea groups is 1. The van der Waals surface area contributed by atoms with Crippen LogP contribution >= 0.6 is 0 Å². The summed E-state index contributed by atoms with van der Waals surface area (Å²) < 4.78 is 10.7. The van der Waals surface area contributed by atoms with Crippen LogP contribution < -0.4 is 14.8 Å². The highest BCUT2D eigenvalue weighted by Crippen LogP contribution is 2.34. The topological polar surface area (TPSA) is 74.4 Å². The van der Waals surface area contributed by atoms with Gasteiger partial charge in [0.2, 0.25) is 6.79 Å². The van der Waals surface area contributed by atoms with Gasteiger partial charge in [0.05, 0.1) is 0 Å². The van der Waals surface area contributed by atoms with Crippen LogP contribution in [-0.4, -0.2) is 85.3 Å². The van der Waals surface area contributed by atoms with Crippen molar-refractivity contribution in [2.24, 2.45) is 0 Å². The van der Waals surface area contributed by atoms with Crippen molar-refractivity contribution in [3.05, 3.63) is 23.8 Å². The molecule has 0 bridgehead atoms. The lowest BCUT2D eigenvalue weighted by Gasteiger charge is -2.45. The summed E-state index contributed by atoms with van der Waals surface area (Å²) in [4.78, 5) is 31.2. The van der Waals surface area contributed by atoms with Crippen molar-refractivity contribution in [3.8, 4) is 11.5 Å². The highest BCUT2D eigenvalue weighted by Gasteiger charge is 2.44. The lowest BCUT2D eigenvalue weighted by molar-refractivity contribution is 0.0301. The maximum Gasteiger partial charge on any atom is 0.317 e. The third-order valence-electron chi connectivity index (χ3n) is 6.35. The van der Waals surface area contributed by atoms with Crippen LogP contribution in [0.1, 0.15) is 30.1 Å². The summed E-state index contributed by atoms with van der Waals surface area (Å²) in [5.41, 5.74) is 0.648. The highest BCUT2D eigenvalue weighted by atomic mass is 16.7. The molecule has 3 aliphatic heterocycles. The number of carbonyl (C=O) groups excluding carboxylic acids is 2. The first-order valence-electron chi connectivity index (χ1n) is 9.97. The highest BCUT2D eigenvalue weighted by molar-refractivity contribution is 5.95. The van der Waals surface area contributed by atoms with E-state index in [2.05, 4.69) is 17.1 Å². The molecule has 4 rings (SSSR count). The zero-order valence-electron chi connectivity index (χ0n) is 16.6. The molecule has 2 fully saturated rings. The number of fused-ring (bicyclic) bond motifs is 1. The zero-order valence-corrected chi connectivity index (χ0v) is 16.6. The lowest BCUT2D eigenvalue weighted by atomic mass is 9.92. The molecule has 1 N–H and O–H groups in total. The van der Waals surface area contributed by atoms with Gasteiger partial charge in [-0.3, -0.25) is 9.69 Å². The molecular formula is C20H28N4O4. The molecule has 8 nitrogen and oxygen atoms in total. The van der Waals surface area contributed by atoms with E-state index in [0.717, 1.165) is 39.0 Å². The second kappa shape index (κ2) is 7.50. The van der Waals surface area contributed by atoms with E-state index in [1.165, 1.54) is 0 Å². The molecule has 152 valence electrons. The van der Waals surface area contributed by atoms with Gasteiger partial charge in [-0.05, 0) is 31.0 Å². The Hall–Kier alpha value is -2.48. The smallest absolute Gasteiger partial charge is 0.317 e. The molecule has 0 saturated carbocycles. The van der Waals surface area contributed by atoms with Crippen molar-refractivity contribution in [1.82, 2.24) is 20.0 Å². The van der Waals surface area contributed by atoms with Crippen molar-refractivity contribution >= 4 is 11.9 Å². The minimum absolute atomic E-state index is 0.00746. The van der Waals surface area contributed by atoms with Crippen LogP contribution in [-0.2, 0) is 0 Å². The van der Waals surface area contributed by atoms with Gasteiger partial charge in [-0.15, -0.1) is 0 Å². The van der Waals surface area contributed by atoms with Crippen molar-refractivity contribution < 1.29 is 19.1 Å². The average Bonchev–Trinajstić information content (AvgIpc) is 3.40. The molecule has 3 heterocycles. The Morgan fingerprint density at radius 3 is 2.54 bits per heavy atom. The number of ether oxygens (including phenoxy) is 2. The Morgan fingerprint density at radius 2 is 1.82 bits per heavy atom. The summed E-state index contributed by atoms with van der Waals surface area (Å²) in [6.45, 7) is 6.96. The van der Waals surface area contributed by atoms with Gasteiger partial charge in [0.1, 0.15) is 0 Å². The number of amides is 3. The number of hydrogen-bond donors (Lipinski definition) is 1. The van der Waals surface area contributed by atoms with E-state index in [-0.39, 0.29) is 24.3 Å². The maximum absolute atomic E-state index is 12.9. The molecule has 0 radical (unpaired) electrons. The van der Waals surface area contributed by atoms with Crippen molar-refractivity contribution in [1.29, 1.82) is 0 Å². The van der Waals surface area contributed by atoms with Crippen LogP contribution in [0.2, 0.25) is 0 Å². The van der Waals surface area contributed by atoms with Crippen LogP contribution in [0.5, 0.6) is 11.5 Å². The number of rotatable bonds is 3. The molecule has 28 heavy (non-hydrogen) atoms. The van der Waals surface area contributed by atoms with Crippen LogP contribution in [0, 0.1) is 0 Å². The fraction of sp³-hybridized carbons (Fsp3) is 0.600. The number of piperazine rings is 1. The molecular weight excluding hydrogens is 360 g/mol. The van der Waals surface area contributed by atoms with Gasteiger partial charge in [-0.2, -0.15) is 0 Å². The Labute approximate surface area is 165 Å². The van der Waals surface area contributed by atoms with Crippen LogP contribution in [0.25, 0.3) is 0 Å². The molecule has 8 heteroatoms. The Bertz CT molecular complexity index is 763. The number of nitrogens with one attached hydrogen (secondary N) is 1. The van der Waals surface area contributed by atoms with E-state index in [1.807, 2.05) is 9.80 Å². The number of hydrogen-bond acceptors (Lipinski definition) is 5. The van der Waals surface area contributed by atoms with E-state index in [0.29, 0.717) is 30.2 Å². The second-order valence-electron chi connectivity index (χ2n) is 7.65. The Morgan fingerprint density at radius 1 is 1.07 bits per heavy atom. The Balaban J connectivity index is 1.39. The summed E-state index contributed by atoms with van der Waals surface area (Å²) in [5.74, 6) is 1.35. The van der Waals surface area contributed by atoms with E-state index >= 15 is 0 Å². The molecule has 0 aliphatic carbocycles. The van der Waals surface area contributed by atoms with E-state index in [1.54, 1.807) is 25.2 Å². The van der Waals surface area contributed by atoms with E-state index in [4.69, 9.17) is 9.47 Å². The Kier molecular flexibility index (Phi) is 5.05. The predicted octanol–water partition coefficient (Wildman–Crippen LogP) is 1.37. The molecule has 1 atom stereocenters. The van der Waals surface area contributed by atoms with Crippen molar-refractivity contribution in [2.45, 2.75) is 25.3 Å². The third kappa shape index (κ3) is 3.26. The maximum atomic E-state index is 12.9. The predicted molar refractivity (Wildman–Crippen MR) is 104 cm³/mol. The van der Waals surface area contributed by atoms with Gasteiger partial charge in [-0.25, -0.2) is 4.79 Å². The average molecular weight is 388 g/mol. The second-order valence-corrected chi connectivity index (χ2v) is 7.65. The summed E-state index contributed by atoms with van der Waals surface area (Å²) >= 11 is 0.